The number of pyridine rings is 2. The lowest BCUT2D eigenvalue weighted by molar-refractivity contribution is -0.194. The molecule has 4 aliphatic rings. The van der Waals surface area contributed by atoms with Gasteiger partial charge >= 0.3 is 12.3 Å². The number of aromatic nitrogens is 4. The molecule has 2 fully saturated rings. The van der Waals surface area contributed by atoms with E-state index in [2.05, 4.69) is 15.3 Å². The number of methoxy groups -OCH3 is 2. The van der Waals surface area contributed by atoms with Crippen LogP contribution in [0.15, 0.2) is 54.9 Å². The summed E-state index contributed by atoms with van der Waals surface area (Å²) in [7, 11) is 3.20. The highest BCUT2D eigenvalue weighted by atomic mass is 19.4. The van der Waals surface area contributed by atoms with Gasteiger partial charge in [-0.3, -0.25) is 9.69 Å². The second-order valence-electron chi connectivity index (χ2n) is 17.0. The van der Waals surface area contributed by atoms with Gasteiger partial charge in [0.05, 0.1) is 56.4 Å². The number of halogens is 3. The fourth-order valence-corrected chi connectivity index (χ4v) is 8.28. The smallest absolute Gasteiger partial charge is 0.410 e. The number of fused-ring (bicyclic) bond motifs is 6. The molecule has 1 aliphatic carbocycles. The van der Waals surface area contributed by atoms with Crippen LogP contribution in [0.25, 0.3) is 22.2 Å². The second kappa shape index (κ2) is 15.9. The quantitative estimate of drug-likeness (QED) is 0.152. The molecule has 0 radical (unpaired) electrons. The van der Waals surface area contributed by atoms with E-state index in [4.69, 9.17) is 33.7 Å². The van der Waals surface area contributed by atoms with Crippen LogP contribution in [0.3, 0.4) is 0 Å². The van der Waals surface area contributed by atoms with Crippen molar-refractivity contribution in [3.63, 3.8) is 0 Å². The molecular formula is C45H46F3N7O7. The van der Waals surface area contributed by atoms with Crippen LogP contribution in [0.5, 0.6) is 17.4 Å². The van der Waals surface area contributed by atoms with E-state index in [1.54, 1.807) is 64.4 Å². The maximum absolute atomic E-state index is 14.4. The summed E-state index contributed by atoms with van der Waals surface area (Å²) in [4.78, 5) is 48.5. The number of rotatable bonds is 9. The van der Waals surface area contributed by atoms with Gasteiger partial charge in [-0.15, -0.1) is 0 Å². The number of benzene rings is 2. The number of alkyl halides is 3. The van der Waals surface area contributed by atoms with E-state index >= 15 is 0 Å². The molecule has 324 valence electrons. The minimum Gasteiger partial charge on any atom is -0.497 e. The molecule has 17 heteroatoms. The first-order valence-corrected chi connectivity index (χ1v) is 20.6. The molecule has 14 nitrogen and oxygen atoms in total. The van der Waals surface area contributed by atoms with E-state index in [0.29, 0.717) is 71.3 Å². The second-order valence-corrected chi connectivity index (χ2v) is 17.0. The third-order valence-electron chi connectivity index (χ3n) is 11.5. The van der Waals surface area contributed by atoms with Crippen LogP contribution in [0, 0.1) is 0 Å². The fourth-order valence-electron chi connectivity index (χ4n) is 8.28. The summed E-state index contributed by atoms with van der Waals surface area (Å²) in [6.45, 7) is 5.87. The maximum atomic E-state index is 14.4. The predicted octanol–water partition coefficient (Wildman–Crippen LogP) is 8.49. The van der Waals surface area contributed by atoms with Gasteiger partial charge in [-0.05, 0) is 75.1 Å². The van der Waals surface area contributed by atoms with E-state index in [1.807, 2.05) is 30.3 Å². The zero-order valence-electron chi connectivity index (χ0n) is 35.0. The van der Waals surface area contributed by atoms with Crippen LogP contribution < -0.4 is 24.4 Å². The Hall–Kier alpha value is -6.23. The Morgan fingerprint density at radius 2 is 1.71 bits per heavy atom. The summed E-state index contributed by atoms with van der Waals surface area (Å²) >= 11 is 0. The predicted molar refractivity (Wildman–Crippen MR) is 221 cm³/mol. The number of ether oxygens (including phenoxy) is 5. The minimum absolute atomic E-state index is 0.0815. The van der Waals surface area contributed by atoms with Gasteiger partial charge < -0.3 is 33.9 Å². The highest BCUT2D eigenvalue weighted by Crippen LogP contribution is 2.44. The number of carbonyl (C=O) groups excluding carboxylic acids is 2. The Morgan fingerprint density at radius 3 is 2.42 bits per heavy atom. The van der Waals surface area contributed by atoms with E-state index in [9.17, 15) is 22.8 Å². The third-order valence-corrected chi connectivity index (χ3v) is 11.5. The Kier molecular flexibility index (Phi) is 10.6. The first kappa shape index (κ1) is 41.1. The van der Waals surface area contributed by atoms with Crippen molar-refractivity contribution in [3.8, 4) is 28.6 Å². The number of amides is 2. The molecule has 6 heterocycles. The standard InChI is InChI=1S/C45H46F3N7O7/c1-44(2,3)62-43(57)54-13-12-29(16-37(54)45(46,47)48)61-38-11-10-35-39(53-38)30-17-31-32-22-60-23-33(32)41(51-18-25-8-9-28(58-4)15-36(25)59-5)52-34(31)14-26(30)21-55(35)42(56)27-19-49-40(50-20-27)24-6-7-24/h8-11,14-15,17,19-20,24,29,37H,6-7,12-13,16,18,21-23H2,1-5H3,(H,51,52)/t29-,37-/m0/s1. The molecule has 3 aliphatic heterocycles. The Labute approximate surface area is 355 Å². The van der Waals surface area contributed by atoms with Gasteiger partial charge in [-0.1, -0.05) is 0 Å². The normalized spacial score (nSPS) is 18.5. The summed E-state index contributed by atoms with van der Waals surface area (Å²) in [6, 6.07) is 10.7. The third kappa shape index (κ3) is 8.12. The topological polar surface area (TPSA) is 150 Å². The lowest BCUT2D eigenvalue weighted by Crippen LogP contribution is -2.56. The van der Waals surface area contributed by atoms with Gasteiger partial charge in [0.2, 0.25) is 5.88 Å². The zero-order chi connectivity index (χ0) is 43.5. The van der Waals surface area contributed by atoms with Crippen molar-refractivity contribution in [3.05, 3.63) is 88.5 Å². The zero-order valence-corrected chi connectivity index (χ0v) is 35.0. The molecule has 62 heavy (non-hydrogen) atoms. The molecule has 9 rings (SSSR count). The van der Waals surface area contributed by atoms with Gasteiger partial charge in [0.25, 0.3) is 5.91 Å². The Morgan fingerprint density at radius 1 is 0.935 bits per heavy atom. The summed E-state index contributed by atoms with van der Waals surface area (Å²) in [6.07, 6.45) is -1.93. The van der Waals surface area contributed by atoms with Crippen molar-refractivity contribution in [1.82, 2.24) is 24.8 Å². The molecular weight excluding hydrogens is 808 g/mol. The van der Waals surface area contributed by atoms with Crippen LogP contribution in [0.4, 0.5) is 29.5 Å². The van der Waals surface area contributed by atoms with Gasteiger partial charge in [-0.25, -0.2) is 24.7 Å². The van der Waals surface area contributed by atoms with Crippen molar-refractivity contribution in [1.29, 1.82) is 0 Å². The summed E-state index contributed by atoms with van der Waals surface area (Å²) < 4.78 is 71.8. The molecule has 0 spiro atoms. The van der Waals surface area contributed by atoms with Crippen molar-refractivity contribution in [2.45, 2.75) is 103 Å². The maximum Gasteiger partial charge on any atom is 0.410 e. The molecule has 2 aromatic carbocycles. The van der Waals surface area contributed by atoms with Crippen molar-refractivity contribution in [2.24, 2.45) is 0 Å². The Bertz CT molecular complexity index is 2560. The molecule has 0 unspecified atom stereocenters. The monoisotopic (exact) mass is 853 g/mol. The summed E-state index contributed by atoms with van der Waals surface area (Å²) in [5, 5.41) is 4.33. The number of likely N-dealkylation sites (tertiary alicyclic amines) is 1. The number of anilines is 2. The average molecular weight is 854 g/mol. The van der Waals surface area contributed by atoms with E-state index in [1.165, 1.54) is 0 Å². The van der Waals surface area contributed by atoms with Gasteiger partial charge in [0, 0.05) is 78.5 Å². The van der Waals surface area contributed by atoms with Crippen molar-refractivity contribution in [2.75, 3.05) is 31.0 Å². The number of hydrogen-bond acceptors (Lipinski definition) is 12. The van der Waals surface area contributed by atoms with E-state index in [0.717, 1.165) is 50.9 Å². The van der Waals surface area contributed by atoms with Crippen LogP contribution in [0.1, 0.15) is 90.8 Å². The van der Waals surface area contributed by atoms with Crippen molar-refractivity contribution >= 4 is 34.4 Å². The number of piperidine rings is 1. The van der Waals surface area contributed by atoms with Crippen LogP contribution in [-0.4, -0.2) is 81.5 Å². The number of carbonyl (C=O) groups is 2. The van der Waals surface area contributed by atoms with E-state index in [-0.39, 0.29) is 31.3 Å². The molecule has 1 N–H and O–H groups in total. The SMILES string of the molecule is COc1ccc(CNc2nc3cc4c(cc3c3c2COC3)-c2nc(O[C@H]3CCN(C(=O)OC(C)(C)C)[C@H](C(F)(F)F)C3)ccc2N(C(=O)c2cnc(C3CC3)nc2)C4)c(OC)c1. The first-order chi connectivity index (χ1) is 29.7. The lowest BCUT2D eigenvalue weighted by Gasteiger charge is -2.40. The summed E-state index contributed by atoms with van der Waals surface area (Å²) in [5.74, 6) is 2.76. The summed E-state index contributed by atoms with van der Waals surface area (Å²) in [5.41, 5.74) is 5.14. The number of nitrogens with one attached hydrogen (secondary N) is 1. The Balaban J connectivity index is 1.07. The van der Waals surface area contributed by atoms with Gasteiger partial charge in [0.1, 0.15) is 40.9 Å². The van der Waals surface area contributed by atoms with Gasteiger partial charge in [0.15, 0.2) is 0 Å². The first-order valence-electron chi connectivity index (χ1n) is 20.6. The molecule has 0 bridgehead atoms. The van der Waals surface area contributed by atoms with Crippen molar-refractivity contribution < 1.29 is 46.4 Å². The molecule has 5 aromatic rings. The van der Waals surface area contributed by atoms with Gasteiger partial charge in [-0.2, -0.15) is 13.2 Å². The number of nitrogens with zero attached hydrogens (tertiary/aromatic N) is 6. The molecule has 1 saturated heterocycles. The van der Waals surface area contributed by atoms with E-state index < -0.39 is 36.4 Å². The molecule has 1 saturated carbocycles. The van der Waals surface area contributed by atoms with Crippen LogP contribution in [-0.2, 0) is 35.8 Å². The highest BCUT2D eigenvalue weighted by Gasteiger charge is 2.50. The average Bonchev–Trinajstić information content (AvgIpc) is 3.98. The number of hydrogen-bond donors (Lipinski definition) is 1. The molecule has 2 amide bonds. The lowest BCUT2D eigenvalue weighted by atomic mass is 9.92. The minimum atomic E-state index is -4.72. The molecule has 3 aromatic heterocycles. The van der Waals surface area contributed by atoms with Crippen LogP contribution in [0.2, 0.25) is 0 Å². The fraction of sp³-hybridized carbons (Fsp3) is 0.422. The highest BCUT2D eigenvalue weighted by molar-refractivity contribution is 6.09. The van der Waals surface area contributed by atoms with Crippen LogP contribution >= 0.6 is 0 Å². The molecule has 2 atom stereocenters. The largest absolute Gasteiger partial charge is 0.497 e.